The summed E-state index contributed by atoms with van der Waals surface area (Å²) in [7, 11) is 0. The molecule has 0 radical (unpaired) electrons. The zero-order valence-electron chi connectivity index (χ0n) is 19.1. The molecule has 2 aromatic carbocycles. The van der Waals surface area contributed by atoms with Crippen molar-refractivity contribution in [2.45, 2.75) is 13.5 Å². The van der Waals surface area contributed by atoms with Gasteiger partial charge in [0, 0.05) is 28.9 Å². The molecule has 5 aromatic rings. The molecule has 3 aromatic heterocycles. The number of aromatic nitrogens is 3. The number of halogens is 1. The molecule has 0 amide bonds. The summed E-state index contributed by atoms with van der Waals surface area (Å²) >= 11 is 1.51. The van der Waals surface area contributed by atoms with E-state index < -0.39 is 0 Å². The van der Waals surface area contributed by atoms with Gasteiger partial charge in [-0.25, -0.2) is 9.37 Å². The topological polar surface area (TPSA) is 74.2 Å². The van der Waals surface area contributed by atoms with Gasteiger partial charge in [0.1, 0.15) is 16.5 Å². The molecule has 0 atom stereocenters. The van der Waals surface area contributed by atoms with Crippen molar-refractivity contribution < 1.29 is 9.50 Å². The van der Waals surface area contributed by atoms with Crippen LogP contribution in [0, 0.1) is 12.7 Å². The van der Waals surface area contributed by atoms with Crippen LogP contribution in [-0.4, -0.2) is 33.2 Å². The molecule has 0 aliphatic carbocycles. The number of benzene rings is 2. The number of aryl methyl sites for hydroxylation is 1. The van der Waals surface area contributed by atoms with Crippen molar-refractivity contribution in [3.8, 4) is 11.1 Å². The van der Waals surface area contributed by atoms with Crippen LogP contribution in [0.4, 0.5) is 21.8 Å². The van der Waals surface area contributed by atoms with E-state index in [-0.39, 0.29) is 12.4 Å². The van der Waals surface area contributed by atoms with Crippen LogP contribution in [0.1, 0.15) is 11.4 Å². The zero-order valence-corrected chi connectivity index (χ0v) is 20.0. The van der Waals surface area contributed by atoms with Crippen molar-refractivity contribution in [1.82, 2.24) is 15.0 Å². The number of rotatable bonds is 8. The van der Waals surface area contributed by atoms with E-state index in [1.54, 1.807) is 12.1 Å². The van der Waals surface area contributed by atoms with Crippen molar-refractivity contribution in [1.29, 1.82) is 0 Å². The Labute approximate surface area is 206 Å². The van der Waals surface area contributed by atoms with E-state index >= 15 is 0 Å². The van der Waals surface area contributed by atoms with Crippen molar-refractivity contribution >= 4 is 39.0 Å². The summed E-state index contributed by atoms with van der Waals surface area (Å²) in [5, 5.41) is 16.1. The van der Waals surface area contributed by atoms with Gasteiger partial charge in [-0.2, -0.15) is 4.98 Å². The van der Waals surface area contributed by atoms with Gasteiger partial charge >= 0.3 is 0 Å². The number of thiophene rings is 1. The molecule has 3 heterocycles. The molecule has 0 bridgehead atoms. The fourth-order valence-corrected chi connectivity index (χ4v) is 4.89. The average Bonchev–Trinajstić information content (AvgIpc) is 3.31. The fourth-order valence-electron chi connectivity index (χ4n) is 3.95. The minimum Gasteiger partial charge on any atom is -0.395 e. The Morgan fingerprint density at radius 3 is 2.49 bits per heavy atom. The average molecular weight is 486 g/mol. The molecule has 0 saturated heterocycles. The lowest BCUT2D eigenvalue weighted by molar-refractivity contribution is 0.305. The maximum atomic E-state index is 13.6. The molecule has 0 fully saturated rings. The summed E-state index contributed by atoms with van der Waals surface area (Å²) in [6, 6.07) is 22.1. The van der Waals surface area contributed by atoms with Crippen molar-refractivity contribution in [2.75, 3.05) is 23.4 Å². The van der Waals surface area contributed by atoms with Crippen molar-refractivity contribution in [2.24, 2.45) is 0 Å². The highest BCUT2D eigenvalue weighted by atomic mass is 32.1. The zero-order chi connectivity index (χ0) is 24.2. The first-order valence-electron chi connectivity index (χ1n) is 11.3. The highest BCUT2D eigenvalue weighted by Crippen LogP contribution is 2.39. The highest BCUT2D eigenvalue weighted by Gasteiger charge is 2.19. The van der Waals surface area contributed by atoms with E-state index in [0.717, 1.165) is 38.4 Å². The number of nitrogens with one attached hydrogen (secondary N) is 1. The lowest BCUT2D eigenvalue weighted by atomic mass is 10.1. The maximum Gasteiger partial charge on any atom is 0.233 e. The largest absolute Gasteiger partial charge is 0.395 e. The molecular weight excluding hydrogens is 461 g/mol. The Morgan fingerprint density at radius 1 is 0.943 bits per heavy atom. The number of pyridine rings is 1. The third-order valence-electron chi connectivity index (χ3n) is 5.59. The molecule has 0 unspecified atom stereocenters. The summed E-state index contributed by atoms with van der Waals surface area (Å²) in [5.74, 6) is 0.871. The third-order valence-corrected chi connectivity index (χ3v) is 6.47. The second-order valence-corrected chi connectivity index (χ2v) is 8.90. The predicted octanol–water partition coefficient (Wildman–Crippen LogP) is 5.94. The molecule has 8 heteroatoms. The van der Waals surface area contributed by atoms with Gasteiger partial charge in [-0.3, -0.25) is 4.98 Å². The number of aliphatic hydroxyl groups is 1. The lowest BCUT2D eigenvalue weighted by Crippen LogP contribution is -2.23. The Balaban J connectivity index is 1.62. The second-order valence-electron chi connectivity index (χ2n) is 8.04. The molecule has 0 saturated carbocycles. The lowest BCUT2D eigenvalue weighted by Gasteiger charge is -2.22. The molecule has 2 N–H and O–H groups in total. The van der Waals surface area contributed by atoms with Gasteiger partial charge in [-0.15, -0.1) is 11.3 Å². The minimum absolute atomic E-state index is 0.0441. The Hall–Kier alpha value is -3.88. The van der Waals surface area contributed by atoms with Crippen LogP contribution in [0.15, 0.2) is 78.2 Å². The number of hydrogen-bond acceptors (Lipinski definition) is 7. The minimum atomic E-state index is -0.279. The van der Waals surface area contributed by atoms with Gasteiger partial charge in [-0.05, 0) is 48.9 Å². The number of nitrogens with zero attached hydrogens (tertiary/aromatic N) is 4. The maximum absolute atomic E-state index is 13.6. The summed E-state index contributed by atoms with van der Waals surface area (Å²) in [4.78, 5) is 17.1. The summed E-state index contributed by atoms with van der Waals surface area (Å²) in [6.45, 7) is 2.75. The monoisotopic (exact) mass is 485 g/mol. The van der Waals surface area contributed by atoms with E-state index in [4.69, 9.17) is 9.97 Å². The van der Waals surface area contributed by atoms with Gasteiger partial charge in [0.15, 0.2) is 0 Å². The van der Waals surface area contributed by atoms with Crippen LogP contribution < -0.4 is 10.2 Å². The SMILES string of the molecule is Cc1cccc(CNc2nc(N(CCO)c3ccccc3)nc3scc(-c4ccc(F)cc4)c23)n1. The van der Waals surface area contributed by atoms with E-state index in [1.807, 2.05) is 65.7 Å². The van der Waals surface area contributed by atoms with E-state index in [1.165, 1.54) is 23.5 Å². The number of fused-ring (bicyclic) bond motifs is 1. The van der Waals surface area contributed by atoms with Crippen LogP contribution in [0.5, 0.6) is 0 Å². The number of para-hydroxylation sites is 1. The second kappa shape index (κ2) is 10.2. The summed E-state index contributed by atoms with van der Waals surface area (Å²) in [5.41, 5.74) is 4.55. The van der Waals surface area contributed by atoms with Crippen molar-refractivity contribution in [3.05, 3.63) is 95.4 Å². The van der Waals surface area contributed by atoms with E-state index in [2.05, 4.69) is 10.3 Å². The molecular formula is C27H24FN5OS. The predicted molar refractivity (Wildman–Crippen MR) is 140 cm³/mol. The van der Waals surface area contributed by atoms with Crippen molar-refractivity contribution in [3.63, 3.8) is 0 Å². The third kappa shape index (κ3) is 4.99. The number of aliphatic hydroxyl groups excluding tert-OH is 1. The first-order valence-corrected chi connectivity index (χ1v) is 12.2. The van der Waals surface area contributed by atoms with Crippen LogP contribution in [0.3, 0.4) is 0 Å². The quantitative estimate of drug-likeness (QED) is 0.283. The van der Waals surface area contributed by atoms with Crippen LogP contribution in [0.2, 0.25) is 0 Å². The molecule has 6 nitrogen and oxygen atoms in total. The summed E-state index contributed by atoms with van der Waals surface area (Å²) < 4.78 is 13.6. The molecule has 176 valence electrons. The Bertz CT molecular complexity index is 1440. The van der Waals surface area contributed by atoms with E-state index in [0.29, 0.717) is 24.9 Å². The molecule has 5 rings (SSSR count). The Kier molecular flexibility index (Phi) is 6.65. The van der Waals surface area contributed by atoms with Gasteiger partial charge in [0.05, 0.1) is 24.2 Å². The van der Waals surface area contributed by atoms with Crippen LogP contribution >= 0.6 is 11.3 Å². The molecule has 0 aliphatic heterocycles. The standard InChI is InChI=1S/C27H24FN5OS/c1-18-6-5-7-21(30-18)16-29-25-24-23(19-10-12-20(28)13-11-19)17-35-26(24)32-27(31-25)33(14-15-34)22-8-3-2-4-9-22/h2-13,17,34H,14-16H2,1H3,(H,29,31,32). The number of anilines is 3. The van der Waals surface area contributed by atoms with Crippen LogP contribution in [-0.2, 0) is 6.54 Å². The van der Waals surface area contributed by atoms with Crippen LogP contribution in [0.25, 0.3) is 21.3 Å². The van der Waals surface area contributed by atoms with Gasteiger partial charge in [-0.1, -0.05) is 36.4 Å². The first kappa shape index (κ1) is 22.9. The first-order chi connectivity index (χ1) is 17.1. The smallest absolute Gasteiger partial charge is 0.233 e. The van der Waals surface area contributed by atoms with Gasteiger partial charge < -0.3 is 15.3 Å². The fraction of sp³-hybridized carbons (Fsp3) is 0.148. The molecule has 35 heavy (non-hydrogen) atoms. The molecule has 0 aliphatic rings. The number of hydrogen-bond donors (Lipinski definition) is 2. The van der Waals surface area contributed by atoms with Gasteiger partial charge in [0.2, 0.25) is 5.95 Å². The normalized spacial score (nSPS) is 11.1. The summed E-state index contributed by atoms with van der Waals surface area (Å²) in [6.07, 6.45) is 0. The molecule has 0 spiro atoms. The Morgan fingerprint density at radius 2 is 1.74 bits per heavy atom. The van der Waals surface area contributed by atoms with Gasteiger partial charge in [0.25, 0.3) is 0 Å². The van der Waals surface area contributed by atoms with E-state index in [9.17, 15) is 9.50 Å². The highest BCUT2D eigenvalue weighted by molar-refractivity contribution is 7.17.